The molecule has 7 heteroatoms. The van der Waals surface area contributed by atoms with Crippen molar-refractivity contribution in [1.82, 2.24) is 0 Å². The molecule has 14 unspecified atom stereocenters. The number of fused-ring (bicyclic) bond motifs is 5. The molecule has 4 aliphatic carbocycles. The molecule has 0 aromatic rings. The van der Waals surface area contributed by atoms with Crippen molar-refractivity contribution in [2.24, 2.45) is 46.2 Å². The molecule has 4 saturated carbocycles. The Labute approximate surface area is 274 Å². The maximum atomic E-state index is 10.4. The van der Waals surface area contributed by atoms with E-state index >= 15 is 0 Å². The third kappa shape index (κ3) is 7.81. The maximum absolute atomic E-state index is 10.4. The van der Waals surface area contributed by atoms with E-state index in [0.717, 1.165) is 61.7 Å². The first-order valence-corrected chi connectivity index (χ1v) is 18.8. The van der Waals surface area contributed by atoms with Gasteiger partial charge in [0.15, 0.2) is 18.9 Å². The van der Waals surface area contributed by atoms with Crippen LogP contribution in [0, 0.1) is 40.4 Å². The van der Waals surface area contributed by atoms with Crippen molar-refractivity contribution < 1.29 is 28.8 Å². The van der Waals surface area contributed by atoms with Gasteiger partial charge >= 0.3 is 0 Å². The number of nitrogens with two attached hydrogens (primary N) is 1. The lowest BCUT2D eigenvalue weighted by Gasteiger charge is -2.61. The van der Waals surface area contributed by atoms with E-state index in [1.54, 1.807) is 0 Å². The van der Waals surface area contributed by atoms with Crippen molar-refractivity contribution in [3.05, 3.63) is 0 Å². The summed E-state index contributed by atoms with van der Waals surface area (Å²) in [5, 5.41) is 10.4. The van der Waals surface area contributed by atoms with Crippen LogP contribution in [0.5, 0.6) is 0 Å². The van der Waals surface area contributed by atoms with Crippen LogP contribution in [0.4, 0.5) is 0 Å². The van der Waals surface area contributed by atoms with Gasteiger partial charge < -0.3 is 34.5 Å². The standard InChI is InChI=1S/C38H67NO6/c1-35(2,3)44-31(40)11-9-10-23-13-15-27-26-14-12-24-22-25(18-20-38(24,8)28(26)19-21-37(23,27)7)41-34-32(43-34)29(39)16-17-30-33(42-30)45-36(4,5)6/h23-34,40H,9-22,39H2,1-8H3. The molecule has 3 N–H and O–H groups in total. The van der Waals surface area contributed by atoms with Gasteiger partial charge in [-0.2, -0.15) is 0 Å². The van der Waals surface area contributed by atoms with E-state index in [2.05, 4.69) is 34.6 Å². The number of hydrogen-bond acceptors (Lipinski definition) is 7. The minimum atomic E-state index is -0.640. The smallest absolute Gasteiger partial charge is 0.186 e. The van der Waals surface area contributed by atoms with Gasteiger partial charge in [-0.05, 0) is 172 Å². The topological polar surface area (TPSA) is 99.0 Å². The highest BCUT2D eigenvalue weighted by Gasteiger charge is 2.60. The van der Waals surface area contributed by atoms with Gasteiger partial charge in [0.25, 0.3) is 0 Å². The average Bonchev–Trinajstić information content (AvgIpc) is 3.83. The minimum absolute atomic E-state index is 0.00698. The molecule has 0 amide bonds. The second kappa shape index (κ2) is 12.9. The molecule has 6 fully saturated rings. The lowest BCUT2D eigenvalue weighted by atomic mass is 9.44. The van der Waals surface area contributed by atoms with Crippen molar-refractivity contribution in [3.8, 4) is 0 Å². The lowest BCUT2D eigenvalue weighted by Crippen LogP contribution is -2.54. The quantitative estimate of drug-likeness (QED) is 0.168. The Kier molecular flexibility index (Phi) is 9.89. The van der Waals surface area contributed by atoms with E-state index in [1.165, 1.54) is 57.8 Å². The van der Waals surface area contributed by atoms with E-state index in [0.29, 0.717) is 16.9 Å². The van der Waals surface area contributed by atoms with Crippen LogP contribution in [0.15, 0.2) is 0 Å². The molecule has 2 saturated heterocycles. The van der Waals surface area contributed by atoms with Crippen LogP contribution in [0.1, 0.15) is 145 Å². The summed E-state index contributed by atoms with van der Waals surface area (Å²) >= 11 is 0. The molecule has 0 radical (unpaired) electrons. The zero-order valence-electron chi connectivity index (χ0n) is 29.9. The molecule has 2 aliphatic heterocycles. The van der Waals surface area contributed by atoms with Crippen LogP contribution < -0.4 is 5.73 Å². The summed E-state index contributed by atoms with van der Waals surface area (Å²) in [6.07, 6.45) is 16.5. The monoisotopic (exact) mass is 633 g/mol. The van der Waals surface area contributed by atoms with Gasteiger partial charge in [-0.25, -0.2) is 0 Å². The highest BCUT2D eigenvalue weighted by atomic mass is 16.8. The zero-order chi connectivity index (χ0) is 32.4. The molecule has 0 bridgehead atoms. The van der Waals surface area contributed by atoms with E-state index in [4.69, 9.17) is 29.4 Å². The zero-order valence-corrected chi connectivity index (χ0v) is 29.9. The van der Waals surface area contributed by atoms with Crippen molar-refractivity contribution >= 4 is 0 Å². The van der Waals surface area contributed by atoms with Crippen molar-refractivity contribution in [2.75, 3.05) is 0 Å². The number of hydrogen-bond donors (Lipinski definition) is 2. The van der Waals surface area contributed by atoms with Gasteiger partial charge in [-0.1, -0.05) is 13.8 Å². The summed E-state index contributed by atoms with van der Waals surface area (Å²) in [4.78, 5) is 0. The van der Waals surface area contributed by atoms with E-state index in [9.17, 15) is 5.11 Å². The van der Waals surface area contributed by atoms with E-state index in [-0.39, 0.29) is 42.0 Å². The molecule has 0 spiro atoms. The third-order valence-corrected chi connectivity index (χ3v) is 13.3. The SMILES string of the molecule is CC(C)(C)OC(O)CCCC1CCC2C3CCC4CC(OC5OC5C(N)CCC5OC5OC(C)(C)C)CCC4(C)C3CCC12C. The van der Waals surface area contributed by atoms with Gasteiger partial charge in [0.1, 0.15) is 12.2 Å². The molecular formula is C38H67NO6. The molecule has 2 heterocycles. The van der Waals surface area contributed by atoms with Crippen molar-refractivity contribution in [2.45, 2.75) is 200 Å². The second-order valence-electron chi connectivity index (χ2n) is 18.6. The van der Waals surface area contributed by atoms with Gasteiger partial charge in [-0.15, -0.1) is 0 Å². The molecule has 0 aromatic heterocycles. The molecule has 260 valence electrons. The number of epoxide rings is 2. The maximum Gasteiger partial charge on any atom is 0.186 e. The molecular weight excluding hydrogens is 566 g/mol. The van der Waals surface area contributed by atoms with Gasteiger partial charge in [-0.3, -0.25) is 0 Å². The van der Waals surface area contributed by atoms with Gasteiger partial charge in [0.05, 0.1) is 17.3 Å². The summed E-state index contributed by atoms with van der Waals surface area (Å²) in [6, 6.07) is -0.00698. The summed E-state index contributed by atoms with van der Waals surface area (Å²) in [7, 11) is 0. The number of aliphatic hydroxyl groups excluding tert-OH is 1. The Bertz CT molecular complexity index is 1010. The first-order chi connectivity index (χ1) is 21.1. The number of rotatable bonds is 12. The summed E-state index contributed by atoms with van der Waals surface area (Å²) < 4.78 is 29.9. The van der Waals surface area contributed by atoms with Gasteiger partial charge in [0.2, 0.25) is 0 Å². The van der Waals surface area contributed by atoms with Crippen LogP contribution in [0.25, 0.3) is 0 Å². The van der Waals surface area contributed by atoms with E-state index in [1.807, 2.05) is 20.8 Å². The van der Waals surface area contributed by atoms with Crippen LogP contribution in [-0.2, 0) is 23.7 Å². The predicted octanol–water partition coefficient (Wildman–Crippen LogP) is 7.71. The Morgan fingerprint density at radius 1 is 0.822 bits per heavy atom. The molecule has 45 heavy (non-hydrogen) atoms. The van der Waals surface area contributed by atoms with Crippen LogP contribution in [-0.4, -0.2) is 59.5 Å². The third-order valence-electron chi connectivity index (χ3n) is 13.3. The van der Waals surface area contributed by atoms with Crippen LogP contribution in [0.3, 0.4) is 0 Å². The van der Waals surface area contributed by atoms with Crippen LogP contribution >= 0.6 is 0 Å². The highest BCUT2D eigenvalue weighted by molar-refractivity contribution is 5.09. The Morgan fingerprint density at radius 2 is 1.56 bits per heavy atom. The molecule has 7 nitrogen and oxygen atoms in total. The molecule has 14 atom stereocenters. The largest absolute Gasteiger partial charge is 0.368 e. The van der Waals surface area contributed by atoms with E-state index < -0.39 is 6.29 Å². The fraction of sp³-hybridized carbons (Fsp3) is 1.00. The van der Waals surface area contributed by atoms with Crippen molar-refractivity contribution in [1.29, 1.82) is 0 Å². The second-order valence-corrected chi connectivity index (χ2v) is 18.6. The molecule has 0 aromatic carbocycles. The molecule has 6 rings (SSSR count). The average molecular weight is 634 g/mol. The van der Waals surface area contributed by atoms with Crippen molar-refractivity contribution in [3.63, 3.8) is 0 Å². The summed E-state index contributed by atoms with van der Waals surface area (Å²) in [5.41, 5.74) is 6.99. The highest BCUT2D eigenvalue weighted by Crippen LogP contribution is 2.68. The number of aliphatic hydroxyl groups is 1. The first kappa shape index (κ1) is 34.6. The van der Waals surface area contributed by atoms with Gasteiger partial charge in [0, 0.05) is 6.04 Å². The lowest BCUT2D eigenvalue weighted by molar-refractivity contribution is -0.169. The summed E-state index contributed by atoms with van der Waals surface area (Å²) in [5.74, 6) is 4.20. The predicted molar refractivity (Wildman–Crippen MR) is 176 cm³/mol. The normalized spacial score (nSPS) is 45.7. The van der Waals surface area contributed by atoms with Crippen LogP contribution in [0.2, 0.25) is 0 Å². The number of ether oxygens (including phenoxy) is 5. The Balaban J connectivity index is 0.945. The fourth-order valence-corrected chi connectivity index (χ4v) is 10.9. The Morgan fingerprint density at radius 3 is 2.29 bits per heavy atom. The summed E-state index contributed by atoms with van der Waals surface area (Å²) in [6.45, 7) is 17.5. The fourth-order valence-electron chi connectivity index (χ4n) is 10.9. The Hall–Kier alpha value is -0.280. The first-order valence-electron chi connectivity index (χ1n) is 18.8. The minimum Gasteiger partial charge on any atom is -0.368 e. The molecule has 6 aliphatic rings.